The predicted molar refractivity (Wildman–Crippen MR) is 75.3 cm³/mol. The Morgan fingerprint density at radius 3 is 2.70 bits per heavy atom. The molecule has 0 atom stereocenters. The van der Waals surface area contributed by atoms with Crippen molar-refractivity contribution in [1.82, 2.24) is 4.72 Å². The van der Waals surface area contributed by atoms with Crippen LogP contribution in [0.3, 0.4) is 0 Å². The molecule has 0 heterocycles. The highest BCUT2D eigenvalue weighted by Crippen LogP contribution is 2.18. The third-order valence-electron chi connectivity index (χ3n) is 2.80. The number of hydrogen-bond donors (Lipinski definition) is 2. The third kappa shape index (κ3) is 4.52. The maximum absolute atomic E-state index is 13.6. The van der Waals surface area contributed by atoms with Crippen molar-refractivity contribution in [3.05, 3.63) is 29.1 Å². The molecule has 0 bridgehead atoms. The van der Waals surface area contributed by atoms with Crippen molar-refractivity contribution in [3.63, 3.8) is 0 Å². The first-order chi connectivity index (χ1) is 9.42. The fraction of sp³-hybridized carbons (Fsp3) is 0.538. The summed E-state index contributed by atoms with van der Waals surface area (Å²) in [4.78, 5) is 0.0354. The summed E-state index contributed by atoms with van der Waals surface area (Å²) in [7, 11) is -3.65. The molecule has 0 amide bonds. The fourth-order valence-electron chi connectivity index (χ4n) is 1.72. The number of benzene rings is 1. The second kappa shape index (κ2) is 7.68. The van der Waals surface area contributed by atoms with Crippen molar-refractivity contribution in [2.75, 3.05) is 19.8 Å². The van der Waals surface area contributed by atoms with Gasteiger partial charge >= 0.3 is 0 Å². The largest absolute Gasteiger partial charge is 0.382 e. The number of aryl methyl sites for hydroxylation is 1. The van der Waals surface area contributed by atoms with Crippen LogP contribution < -0.4 is 10.5 Å². The summed E-state index contributed by atoms with van der Waals surface area (Å²) in [6, 6.07) is 2.58. The van der Waals surface area contributed by atoms with E-state index < -0.39 is 15.8 Å². The van der Waals surface area contributed by atoms with Crippen molar-refractivity contribution in [1.29, 1.82) is 0 Å². The van der Waals surface area contributed by atoms with E-state index in [4.69, 9.17) is 10.5 Å². The molecule has 7 heteroatoms. The lowest BCUT2D eigenvalue weighted by Gasteiger charge is -2.10. The van der Waals surface area contributed by atoms with Gasteiger partial charge < -0.3 is 10.5 Å². The average Bonchev–Trinajstić information content (AvgIpc) is 2.41. The maximum Gasteiger partial charge on any atom is 0.240 e. The Morgan fingerprint density at radius 1 is 1.40 bits per heavy atom. The normalized spacial score (nSPS) is 11.8. The van der Waals surface area contributed by atoms with Gasteiger partial charge in [-0.3, -0.25) is 0 Å². The van der Waals surface area contributed by atoms with Crippen molar-refractivity contribution in [3.8, 4) is 0 Å². The van der Waals surface area contributed by atoms with Crippen molar-refractivity contribution >= 4 is 10.0 Å². The summed E-state index contributed by atoms with van der Waals surface area (Å²) < 4.78 is 45.4. The standard InChI is InChI=1S/C13H21FN2O3S/c1-3-19-6-4-5-16-20(17,18)12-7-10(2)13(14)11(8-12)9-15/h7-8,16H,3-6,9,15H2,1-2H3. The molecule has 0 aliphatic carbocycles. The van der Waals surface area contributed by atoms with E-state index in [9.17, 15) is 12.8 Å². The lowest BCUT2D eigenvalue weighted by molar-refractivity contribution is 0.146. The predicted octanol–water partition coefficient (Wildman–Crippen LogP) is 1.30. The summed E-state index contributed by atoms with van der Waals surface area (Å²) in [6.45, 7) is 4.72. The third-order valence-corrected chi connectivity index (χ3v) is 4.24. The van der Waals surface area contributed by atoms with Gasteiger partial charge in [0.25, 0.3) is 0 Å². The van der Waals surface area contributed by atoms with E-state index in [1.807, 2.05) is 6.92 Å². The Kier molecular flexibility index (Phi) is 6.54. The molecule has 0 spiro atoms. The van der Waals surface area contributed by atoms with Crippen LogP contribution in [0.5, 0.6) is 0 Å². The van der Waals surface area contributed by atoms with Crippen LogP contribution in [-0.2, 0) is 21.3 Å². The zero-order valence-corrected chi connectivity index (χ0v) is 12.6. The first kappa shape index (κ1) is 17.0. The van der Waals surface area contributed by atoms with Gasteiger partial charge in [-0.2, -0.15) is 0 Å². The molecular weight excluding hydrogens is 283 g/mol. The summed E-state index contributed by atoms with van der Waals surface area (Å²) in [5.74, 6) is -0.456. The van der Waals surface area contributed by atoms with Gasteiger partial charge in [0.1, 0.15) is 5.82 Å². The van der Waals surface area contributed by atoms with E-state index in [0.717, 1.165) is 0 Å². The van der Waals surface area contributed by atoms with E-state index in [0.29, 0.717) is 19.6 Å². The lowest BCUT2D eigenvalue weighted by atomic mass is 10.1. The van der Waals surface area contributed by atoms with Crippen LogP contribution in [0, 0.1) is 12.7 Å². The van der Waals surface area contributed by atoms with Gasteiger partial charge in [0.15, 0.2) is 0 Å². The molecule has 0 unspecified atom stereocenters. The average molecular weight is 304 g/mol. The van der Waals surface area contributed by atoms with Crippen LogP contribution in [0.4, 0.5) is 4.39 Å². The first-order valence-electron chi connectivity index (χ1n) is 6.49. The maximum atomic E-state index is 13.6. The molecule has 5 nitrogen and oxygen atoms in total. The van der Waals surface area contributed by atoms with E-state index in [2.05, 4.69) is 4.72 Å². The quantitative estimate of drug-likeness (QED) is 0.709. The molecule has 1 aromatic carbocycles. The number of sulfonamides is 1. The number of halogens is 1. The monoisotopic (exact) mass is 304 g/mol. The molecule has 0 aromatic heterocycles. The van der Waals surface area contributed by atoms with Crippen molar-refractivity contribution < 1.29 is 17.5 Å². The number of ether oxygens (including phenoxy) is 1. The zero-order valence-electron chi connectivity index (χ0n) is 11.8. The van der Waals surface area contributed by atoms with E-state index in [-0.39, 0.29) is 29.1 Å². The van der Waals surface area contributed by atoms with Gasteiger partial charge in [-0.1, -0.05) is 0 Å². The summed E-state index contributed by atoms with van der Waals surface area (Å²) in [5.41, 5.74) is 5.88. The minimum Gasteiger partial charge on any atom is -0.382 e. The van der Waals surface area contributed by atoms with Crippen molar-refractivity contribution in [2.24, 2.45) is 5.73 Å². The fourth-order valence-corrected chi connectivity index (χ4v) is 2.93. The van der Waals surface area contributed by atoms with Crippen LogP contribution in [0.1, 0.15) is 24.5 Å². The minimum absolute atomic E-state index is 0.0354. The van der Waals surface area contributed by atoms with Gasteiger partial charge in [0, 0.05) is 31.9 Å². The molecule has 0 saturated heterocycles. The van der Waals surface area contributed by atoms with Gasteiger partial charge in [-0.05, 0) is 38.0 Å². The van der Waals surface area contributed by atoms with Crippen LogP contribution in [0.2, 0.25) is 0 Å². The van der Waals surface area contributed by atoms with Gasteiger partial charge in [0.2, 0.25) is 10.0 Å². The number of hydrogen-bond acceptors (Lipinski definition) is 4. The molecule has 0 saturated carbocycles. The lowest BCUT2D eigenvalue weighted by Crippen LogP contribution is -2.26. The molecule has 3 N–H and O–H groups in total. The Labute approximate surface area is 119 Å². The highest BCUT2D eigenvalue weighted by molar-refractivity contribution is 7.89. The second-order valence-electron chi connectivity index (χ2n) is 4.37. The molecular formula is C13H21FN2O3S. The molecule has 0 aliphatic rings. The van der Waals surface area contributed by atoms with Gasteiger partial charge in [-0.25, -0.2) is 17.5 Å². The van der Waals surface area contributed by atoms with Crippen molar-refractivity contribution in [2.45, 2.75) is 31.7 Å². The summed E-state index contributed by atoms with van der Waals surface area (Å²) in [6.07, 6.45) is 0.580. The Morgan fingerprint density at radius 2 is 2.10 bits per heavy atom. The second-order valence-corrected chi connectivity index (χ2v) is 6.13. The molecule has 1 aromatic rings. The minimum atomic E-state index is -3.65. The molecule has 0 radical (unpaired) electrons. The number of rotatable bonds is 8. The highest BCUT2D eigenvalue weighted by Gasteiger charge is 2.17. The smallest absolute Gasteiger partial charge is 0.240 e. The summed E-state index contributed by atoms with van der Waals surface area (Å²) in [5, 5.41) is 0. The molecule has 0 aliphatic heterocycles. The van der Waals surface area contributed by atoms with Crippen LogP contribution >= 0.6 is 0 Å². The van der Waals surface area contributed by atoms with Gasteiger partial charge in [0.05, 0.1) is 4.90 Å². The summed E-state index contributed by atoms with van der Waals surface area (Å²) >= 11 is 0. The van der Waals surface area contributed by atoms with Crippen LogP contribution in [-0.4, -0.2) is 28.2 Å². The van der Waals surface area contributed by atoms with Gasteiger partial charge in [-0.15, -0.1) is 0 Å². The molecule has 1 rings (SSSR count). The Hall–Kier alpha value is -1.02. The molecule has 0 fully saturated rings. The topological polar surface area (TPSA) is 81.4 Å². The molecule has 114 valence electrons. The highest BCUT2D eigenvalue weighted by atomic mass is 32.2. The van der Waals surface area contributed by atoms with Crippen LogP contribution in [0.15, 0.2) is 17.0 Å². The van der Waals surface area contributed by atoms with E-state index in [1.54, 1.807) is 0 Å². The Balaban J connectivity index is 2.80. The number of nitrogens with two attached hydrogens (primary N) is 1. The van der Waals surface area contributed by atoms with E-state index >= 15 is 0 Å². The molecule has 20 heavy (non-hydrogen) atoms. The first-order valence-corrected chi connectivity index (χ1v) is 7.97. The zero-order chi connectivity index (χ0) is 15.2. The Bertz CT molecular complexity index is 547. The number of nitrogens with one attached hydrogen (secondary N) is 1. The van der Waals surface area contributed by atoms with Crippen LogP contribution in [0.25, 0.3) is 0 Å². The van der Waals surface area contributed by atoms with E-state index in [1.165, 1.54) is 19.1 Å². The SMILES string of the molecule is CCOCCCNS(=O)(=O)c1cc(C)c(F)c(CN)c1.